The second-order valence-electron chi connectivity index (χ2n) is 4.20. The smallest absolute Gasteiger partial charge is 0.278 e. The number of nitrogens with zero attached hydrogens (tertiary/aromatic N) is 2. The Morgan fingerprint density at radius 3 is 2.95 bits per heavy atom. The predicted octanol–water partition coefficient (Wildman–Crippen LogP) is 1.49. The normalized spacial score (nSPS) is 10.8. The second kappa shape index (κ2) is 4.86. The van der Waals surface area contributed by atoms with Crippen molar-refractivity contribution in [3.05, 3.63) is 45.5 Å². The zero-order valence-corrected chi connectivity index (χ0v) is 11.0. The number of aromatic nitrogens is 4. The van der Waals surface area contributed by atoms with Gasteiger partial charge in [-0.1, -0.05) is 17.7 Å². The van der Waals surface area contributed by atoms with Gasteiger partial charge in [-0.15, -0.1) is 0 Å². The average Bonchev–Trinajstić information content (AvgIpc) is 2.80. The third kappa shape index (κ3) is 2.43. The topological polar surface area (TPSA) is 112 Å². The first kappa shape index (κ1) is 12.5. The molecule has 0 saturated heterocycles. The van der Waals surface area contributed by atoms with E-state index in [0.29, 0.717) is 28.6 Å². The molecule has 0 radical (unpaired) electrons. The van der Waals surface area contributed by atoms with Gasteiger partial charge in [0.2, 0.25) is 5.95 Å². The molecule has 0 unspecified atom stereocenters. The molecule has 2 heterocycles. The van der Waals surface area contributed by atoms with Gasteiger partial charge in [-0.05, 0) is 18.2 Å². The summed E-state index contributed by atoms with van der Waals surface area (Å²) < 4.78 is 0. The monoisotopic (exact) mass is 290 g/mol. The van der Waals surface area contributed by atoms with Crippen LogP contribution in [0.1, 0.15) is 5.82 Å². The van der Waals surface area contributed by atoms with Crippen molar-refractivity contribution in [3.8, 4) is 0 Å². The van der Waals surface area contributed by atoms with Crippen LogP contribution in [0.15, 0.2) is 29.1 Å². The van der Waals surface area contributed by atoms with Gasteiger partial charge in [0.25, 0.3) is 5.56 Å². The van der Waals surface area contributed by atoms with Gasteiger partial charge in [0.1, 0.15) is 5.82 Å². The lowest BCUT2D eigenvalue weighted by molar-refractivity contribution is 1.01. The van der Waals surface area contributed by atoms with E-state index >= 15 is 0 Å². The van der Waals surface area contributed by atoms with Gasteiger partial charge in [0, 0.05) is 10.7 Å². The summed E-state index contributed by atoms with van der Waals surface area (Å²) >= 11 is 5.90. The van der Waals surface area contributed by atoms with E-state index in [1.54, 1.807) is 12.1 Å². The van der Waals surface area contributed by atoms with Gasteiger partial charge in [-0.2, -0.15) is 4.98 Å². The number of anilines is 2. The van der Waals surface area contributed by atoms with Gasteiger partial charge in [-0.3, -0.25) is 9.78 Å². The molecule has 0 atom stereocenters. The van der Waals surface area contributed by atoms with Crippen molar-refractivity contribution < 1.29 is 0 Å². The van der Waals surface area contributed by atoms with E-state index in [0.717, 1.165) is 5.69 Å². The van der Waals surface area contributed by atoms with Crippen molar-refractivity contribution >= 4 is 34.4 Å². The number of nitrogens with two attached hydrogens (primary N) is 1. The summed E-state index contributed by atoms with van der Waals surface area (Å²) in [5.74, 6) is 0.631. The van der Waals surface area contributed by atoms with Crippen LogP contribution in [0.25, 0.3) is 11.2 Å². The van der Waals surface area contributed by atoms with E-state index in [2.05, 4.69) is 25.3 Å². The number of nitrogen functional groups attached to an aromatic ring is 1. The maximum atomic E-state index is 11.6. The van der Waals surface area contributed by atoms with Crippen LogP contribution in [0, 0.1) is 0 Å². The summed E-state index contributed by atoms with van der Waals surface area (Å²) in [5.41, 5.74) is 6.59. The van der Waals surface area contributed by atoms with Crippen LogP contribution in [0.3, 0.4) is 0 Å². The number of fused-ring (bicyclic) bond motifs is 1. The van der Waals surface area contributed by atoms with Crippen LogP contribution in [0.2, 0.25) is 5.02 Å². The molecule has 8 heteroatoms. The fourth-order valence-electron chi connectivity index (χ4n) is 1.84. The van der Waals surface area contributed by atoms with Gasteiger partial charge in [0.15, 0.2) is 11.2 Å². The minimum absolute atomic E-state index is 0.0448. The number of hydrogen-bond donors (Lipinski definition) is 4. The molecular weight excluding hydrogens is 280 g/mol. The Kier molecular flexibility index (Phi) is 3.03. The highest BCUT2D eigenvalue weighted by Gasteiger charge is 2.08. The van der Waals surface area contributed by atoms with Crippen LogP contribution in [0.4, 0.5) is 11.6 Å². The highest BCUT2D eigenvalue weighted by atomic mass is 35.5. The Hall–Kier alpha value is -2.54. The van der Waals surface area contributed by atoms with Gasteiger partial charge < -0.3 is 16.0 Å². The number of benzene rings is 1. The van der Waals surface area contributed by atoms with Crippen molar-refractivity contribution in [2.45, 2.75) is 6.54 Å². The molecule has 20 heavy (non-hydrogen) atoms. The number of rotatable bonds is 3. The molecule has 2 aromatic heterocycles. The van der Waals surface area contributed by atoms with Crippen LogP contribution in [-0.4, -0.2) is 19.9 Å². The Labute approximate surface area is 118 Å². The first-order valence-electron chi connectivity index (χ1n) is 5.85. The van der Waals surface area contributed by atoms with E-state index in [4.69, 9.17) is 17.3 Å². The predicted molar refractivity (Wildman–Crippen MR) is 77.7 cm³/mol. The van der Waals surface area contributed by atoms with Crippen molar-refractivity contribution in [3.63, 3.8) is 0 Å². The minimum atomic E-state index is -0.339. The Morgan fingerprint density at radius 2 is 2.15 bits per heavy atom. The lowest BCUT2D eigenvalue weighted by atomic mass is 10.3. The molecule has 5 N–H and O–H groups in total. The molecule has 0 aliphatic carbocycles. The molecule has 7 nitrogen and oxygen atoms in total. The standard InChI is InChI=1S/C12H11ClN6O/c13-6-2-1-3-7(4-6)15-5-8-16-9-10(17-8)18-12(14)19-11(9)20/h1-4,15H,5H2,(H4,14,16,17,18,19,20). The van der Waals surface area contributed by atoms with Gasteiger partial charge in [-0.25, -0.2) is 4.98 Å². The summed E-state index contributed by atoms with van der Waals surface area (Å²) in [6, 6.07) is 7.32. The van der Waals surface area contributed by atoms with E-state index in [1.807, 2.05) is 12.1 Å². The molecule has 0 bridgehead atoms. The molecular formula is C12H11ClN6O. The Balaban J connectivity index is 1.85. The minimum Gasteiger partial charge on any atom is -0.378 e. The molecule has 0 saturated carbocycles. The first-order chi connectivity index (χ1) is 9.61. The lowest BCUT2D eigenvalue weighted by Gasteiger charge is -2.03. The maximum absolute atomic E-state index is 11.6. The summed E-state index contributed by atoms with van der Waals surface area (Å²) in [7, 11) is 0. The van der Waals surface area contributed by atoms with Crippen molar-refractivity contribution in [1.82, 2.24) is 19.9 Å². The number of H-pyrrole nitrogens is 2. The fourth-order valence-corrected chi connectivity index (χ4v) is 2.03. The Bertz CT molecular complexity index is 824. The third-order valence-corrected chi connectivity index (χ3v) is 2.95. The third-order valence-electron chi connectivity index (χ3n) is 2.71. The molecule has 0 aliphatic rings. The molecule has 1 aromatic carbocycles. The average molecular weight is 291 g/mol. The highest BCUT2D eigenvalue weighted by Crippen LogP contribution is 2.15. The molecule has 3 aromatic rings. The highest BCUT2D eigenvalue weighted by molar-refractivity contribution is 6.30. The van der Waals surface area contributed by atoms with Crippen LogP contribution in [-0.2, 0) is 6.54 Å². The second-order valence-corrected chi connectivity index (χ2v) is 4.63. The fraction of sp³-hybridized carbons (Fsp3) is 0.0833. The maximum Gasteiger partial charge on any atom is 0.278 e. The summed E-state index contributed by atoms with van der Waals surface area (Å²) in [6.45, 7) is 0.413. The molecule has 0 amide bonds. The molecule has 0 spiro atoms. The van der Waals surface area contributed by atoms with Gasteiger partial charge in [0.05, 0.1) is 6.54 Å². The summed E-state index contributed by atoms with van der Waals surface area (Å²) in [6.07, 6.45) is 0. The van der Waals surface area contributed by atoms with Crippen LogP contribution in [0.5, 0.6) is 0 Å². The van der Waals surface area contributed by atoms with Crippen LogP contribution < -0.4 is 16.6 Å². The van der Waals surface area contributed by atoms with Crippen molar-refractivity contribution in [1.29, 1.82) is 0 Å². The number of aromatic amines is 2. The summed E-state index contributed by atoms with van der Waals surface area (Å²) in [5, 5.41) is 3.79. The number of nitrogens with one attached hydrogen (secondary N) is 3. The zero-order valence-electron chi connectivity index (χ0n) is 10.3. The molecule has 0 aliphatic heterocycles. The van der Waals surface area contributed by atoms with E-state index in [1.165, 1.54) is 0 Å². The largest absolute Gasteiger partial charge is 0.378 e. The van der Waals surface area contributed by atoms with Crippen molar-refractivity contribution in [2.75, 3.05) is 11.1 Å². The SMILES string of the molecule is Nc1nc2nc(CNc3cccc(Cl)c3)[nH]c2c(=O)[nH]1. The van der Waals surface area contributed by atoms with Crippen molar-refractivity contribution in [2.24, 2.45) is 0 Å². The quantitative estimate of drug-likeness (QED) is 0.584. The van der Waals surface area contributed by atoms with Gasteiger partial charge >= 0.3 is 0 Å². The van der Waals surface area contributed by atoms with E-state index in [9.17, 15) is 4.79 Å². The number of hydrogen-bond acceptors (Lipinski definition) is 5. The zero-order chi connectivity index (χ0) is 14.1. The molecule has 102 valence electrons. The Morgan fingerprint density at radius 1 is 1.30 bits per heavy atom. The van der Waals surface area contributed by atoms with E-state index < -0.39 is 0 Å². The lowest BCUT2D eigenvalue weighted by Crippen LogP contribution is -2.10. The van der Waals surface area contributed by atoms with E-state index in [-0.39, 0.29) is 11.5 Å². The number of imidazole rings is 1. The molecule has 3 rings (SSSR count). The number of halogens is 1. The first-order valence-corrected chi connectivity index (χ1v) is 6.23. The summed E-state index contributed by atoms with van der Waals surface area (Å²) in [4.78, 5) is 25.1. The molecule has 0 fully saturated rings. The van der Waals surface area contributed by atoms with Crippen LogP contribution >= 0.6 is 11.6 Å².